The van der Waals surface area contributed by atoms with Gasteiger partial charge in [0.25, 0.3) is 5.91 Å². The Kier molecular flexibility index (Phi) is 6.67. The molecule has 0 unspecified atom stereocenters. The molecule has 0 aromatic heterocycles. The van der Waals surface area contributed by atoms with E-state index in [0.29, 0.717) is 18.7 Å². The number of nitrogens with one attached hydrogen (secondary N) is 1. The van der Waals surface area contributed by atoms with Crippen LogP contribution >= 0.6 is 0 Å². The van der Waals surface area contributed by atoms with Crippen molar-refractivity contribution < 1.29 is 14.3 Å². The highest BCUT2D eigenvalue weighted by Gasteiger charge is 2.18. The van der Waals surface area contributed by atoms with Crippen LogP contribution in [0, 0.1) is 0 Å². The maximum atomic E-state index is 12.2. The summed E-state index contributed by atoms with van der Waals surface area (Å²) in [4.78, 5) is 12.2. The Hall–Kier alpha value is -2.49. The van der Waals surface area contributed by atoms with E-state index in [-0.39, 0.29) is 17.4 Å². The Morgan fingerprint density at radius 2 is 1.69 bits per heavy atom. The van der Waals surface area contributed by atoms with E-state index >= 15 is 0 Å². The van der Waals surface area contributed by atoms with Crippen LogP contribution in [0.3, 0.4) is 0 Å². The molecule has 0 fully saturated rings. The van der Waals surface area contributed by atoms with Gasteiger partial charge in [-0.15, -0.1) is 0 Å². The van der Waals surface area contributed by atoms with E-state index in [2.05, 4.69) is 32.2 Å². The van der Waals surface area contributed by atoms with Crippen LogP contribution in [0.1, 0.15) is 50.5 Å². The molecular formula is C22H29NO3. The lowest BCUT2D eigenvalue weighted by atomic mass is 9.86. The van der Waals surface area contributed by atoms with Crippen LogP contribution in [0.4, 0.5) is 0 Å². The highest BCUT2D eigenvalue weighted by atomic mass is 16.5. The van der Waals surface area contributed by atoms with Crippen LogP contribution < -0.4 is 14.8 Å². The summed E-state index contributed by atoms with van der Waals surface area (Å²) in [5.41, 5.74) is 1.78. The number of para-hydroxylation sites is 1. The summed E-state index contributed by atoms with van der Waals surface area (Å²) in [6, 6.07) is 15.2. The molecule has 0 aliphatic carbocycles. The zero-order chi connectivity index (χ0) is 19.2. The summed E-state index contributed by atoms with van der Waals surface area (Å²) in [5.74, 6) is 1.51. The van der Waals surface area contributed by atoms with Gasteiger partial charge in [0.15, 0.2) is 0 Å². The maximum absolute atomic E-state index is 12.2. The van der Waals surface area contributed by atoms with Gasteiger partial charge in [0.05, 0.1) is 12.6 Å². The average molecular weight is 355 g/mol. The predicted molar refractivity (Wildman–Crippen MR) is 105 cm³/mol. The van der Waals surface area contributed by atoms with E-state index in [0.717, 1.165) is 17.1 Å². The Balaban J connectivity index is 1.84. The average Bonchev–Trinajstić information content (AvgIpc) is 2.58. The minimum atomic E-state index is -0.117. The molecule has 2 aromatic carbocycles. The Bertz CT molecular complexity index is 715. The second kappa shape index (κ2) is 8.75. The van der Waals surface area contributed by atoms with Crippen LogP contribution in [0.25, 0.3) is 0 Å². The first kappa shape index (κ1) is 19.8. The first-order valence-electron chi connectivity index (χ1n) is 9.04. The summed E-state index contributed by atoms with van der Waals surface area (Å²) < 4.78 is 11.5. The maximum Gasteiger partial charge on any atom is 0.251 e. The summed E-state index contributed by atoms with van der Waals surface area (Å²) in [5, 5.41) is 2.88. The van der Waals surface area contributed by atoms with E-state index in [1.165, 1.54) is 0 Å². The molecule has 2 aromatic rings. The Labute approximate surface area is 156 Å². The van der Waals surface area contributed by atoms with Crippen molar-refractivity contribution in [3.63, 3.8) is 0 Å². The molecule has 1 N–H and O–H groups in total. The lowest BCUT2D eigenvalue weighted by Gasteiger charge is -2.22. The van der Waals surface area contributed by atoms with Crippen LogP contribution in [-0.2, 0) is 5.41 Å². The normalized spacial score (nSPS) is 11.3. The van der Waals surface area contributed by atoms with E-state index in [1.54, 1.807) is 12.1 Å². The third-order valence-corrected chi connectivity index (χ3v) is 3.83. The SMILES string of the molecule is CC(C)Oc1ccc(C(=O)NCCOc2ccccc2C(C)(C)C)cc1. The van der Waals surface area contributed by atoms with Crippen molar-refractivity contribution in [2.75, 3.05) is 13.2 Å². The summed E-state index contributed by atoms with van der Waals surface area (Å²) in [6.07, 6.45) is 0.114. The van der Waals surface area contributed by atoms with Gasteiger partial charge in [0.2, 0.25) is 0 Å². The van der Waals surface area contributed by atoms with E-state index in [4.69, 9.17) is 9.47 Å². The molecule has 0 spiro atoms. The molecule has 4 heteroatoms. The third-order valence-electron chi connectivity index (χ3n) is 3.83. The largest absolute Gasteiger partial charge is 0.491 e. The number of carbonyl (C=O) groups excluding carboxylic acids is 1. The van der Waals surface area contributed by atoms with E-state index in [9.17, 15) is 4.79 Å². The second-order valence-corrected chi connectivity index (χ2v) is 7.54. The van der Waals surface area contributed by atoms with Gasteiger partial charge < -0.3 is 14.8 Å². The fraction of sp³-hybridized carbons (Fsp3) is 0.409. The molecule has 26 heavy (non-hydrogen) atoms. The Morgan fingerprint density at radius 1 is 1.04 bits per heavy atom. The van der Waals surface area contributed by atoms with Gasteiger partial charge in [0, 0.05) is 5.56 Å². The van der Waals surface area contributed by atoms with Crippen molar-refractivity contribution in [3.05, 3.63) is 59.7 Å². The van der Waals surface area contributed by atoms with Crippen LogP contribution in [-0.4, -0.2) is 25.2 Å². The first-order valence-corrected chi connectivity index (χ1v) is 9.04. The van der Waals surface area contributed by atoms with Crippen LogP contribution in [0.15, 0.2) is 48.5 Å². The van der Waals surface area contributed by atoms with Crippen molar-refractivity contribution >= 4 is 5.91 Å². The highest BCUT2D eigenvalue weighted by molar-refractivity contribution is 5.94. The lowest BCUT2D eigenvalue weighted by molar-refractivity contribution is 0.0946. The quantitative estimate of drug-likeness (QED) is 0.740. The van der Waals surface area contributed by atoms with Gasteiger partial charge in [-0.2, -0.15) is 0 Å². The van der Waals surface area contributed by atoms with Crippen molar-refractivity contribution in [1.29, 1.82) is 0 Å². The van der Waals surface area contributed by atoms with E-state index in [1.807, 2.05) is 44.2 Å². The van der Waals surface area contributed by atoms with Crippen molar-refractivity contribution in [2.24, 2.45) is 0 Å². The molecule has 4 nitrogen and oxygen atoms in total. The van der Waals surface area contributed by atoms with Crippen molar-refractivity contribution in [3.8, 4) is 11.5 Å². The summed E-state index contributed by atoms with van der Waals surface area (Å²) in [7, 11) is 0. The Morgan fingerprint density at radius 3 is 2.31 bits per heavy atom. The molecule has 140 valence electrons. The lowest BCUT2D eigenvalue weighted by Crippen LogP contribution is -2.28. The minimum Gasteiger partial charge on any atom is -0.491 e. The van der Waals surface area contributed by atoms with Gasteiger partial charge >= 0.3 is 0 Å². The van der Waals surface area contributed by atoms with Crippen molar-refractivity contribution in [1.82, 2.24) is 5.32 Å². The highest BCUT2D eigenvalue weighted by Crippen LogP contribution is 2.30. The molecule has 1 amide bonds. The zero-order valence-corrected chi connectivity index (χ0v) is 16.3. The third kappa shape index (κ3) is 5.80. The van der Waals surface area contributed by atoms with Gasteiger partial charge in [-0.05, 0) is 55.2 Å². The minimum absolute atomic E-state index is 0.0135. The predicted octanol–water partition coefficient (Wildman–Crippen LogP) is 4.58. The fourth-order valence-corrected chi connectivity index (χ4v) is 2.60. The first-order chi connectivity index (χ1) is 12.3. The summed E-state index contributed by atoms with van der Waals surface area (Å²) >= 11 is 0. The number of ether oxygens (including phenoxy) is 2. The van der Waals surface area contributed by atoms with Gasteiger partial charge in [-0.25, -0.2) is 0 Å². The molecule has 0 aliphatic heterocycles. The van der Waals surface area contributed by atoms with Crippen LogP contribution in [0.5, 0.6) is 11.5 Å². The topological polar surface area (TPSA) is 47.6 Å². The monoisotopic (exact) mass is 355 g/mol. The number of carbonyl (C=O) groups is 1. The van der Waals surface area contributed by atoms with Crippen LogP contribution in [0.2, 0.25) is 0 Å². The standard InChI is InChI=1S/C22H29NO3/c1-16(2)26-18-12-10-17(11-13-18)21(24)23-14-15-25-20-9-7-6-8-19(20)22(3,4)5/h6-13,16H,14-15H2,1-5H3,(H,23,24). The van der Waals surface area contributed by atoms with Crippen molar-refractivity contribution in [2.45, 2.75) is 46.1 Å². The number of hydrogen-bond donors (Lipinski definition) is 1. The van der Waals surface area contributed by atoms with Gasteiger partial charge in [-0.1, -0.05) is 39.0 Å². The van der Waals surface area contributed by atoms with Gasteiger partial charge in [0.1, 0.15) is 18.1 Å². The molecular weight excluding hydrogens is 326 g/mol. The molecule has 0 radical (unpaired) electrons. The molecule has 0 atom stereocenters. The smallest absolute Gasteiger partial charge is 0.251 e. The molecule has 0 heterocycles. The number of benzene rings is 2. The summed E-state index contributed by atoms with van der Waals surface area (Å²) in [6.45, 7) is 11.3. The molecule has 0 saturated heterocycles. The molecule has 0 bridgehead atoms. The molecule has 0 saturated carbocycles. The number of amides is 1. The zero-order valence-electron chi connectivity index (χ0n) is 16.3. The second-order valence-electron chi connectivity index (χ2n) is 7.54. The number of hydrogen-bond acceptors (Lipinski definition) is 3. The molecule has 0 aliphatic rings. The number of rotatable bonds is 7. The van der Waals surface area contributed by atoms with E-state index < -0.39 is 0 Å². The fourth-order valence-electron chi connectivity index (χ4n) is 2.60. The molecule has 2 rings (SSSR count). The van der Waals surface area contributed by atoms with Gasteiger partial charge in [-0.3, -0.25) is 4.79 Å².